The summed E-state index contributed by atoms with van der Waals surface area (Å²) < 4.78 is 0. The van der Waals surface area contributed by atoms with Crippen molar-refractivity contribution in [3.8, 4) is 0 Å². The molecule has 0 aromatic heterocycles. The molecule has 0 aromatic carbocycles. The van der Waals surface area contributed by atoms with E-state index in [1.54, 1.807) is 0 Å². The van der Waals surface area contributed by atoms with Crippen molar-refractivity contribution in [1.29, 1.82) is 0 Å². The van der Waals surface area contributed by atoms with Crippen LogP contribution >= 0.6 is 0 Å². The summed E-state index contributed by atoms with van der Waals surface area (Å²) in [5.74, 6) is -0.567. The van der Waals surface area contributed by atoms with E-state index in [4.69, 9.17) is 10.8 Å². The van der Waals surface area contributed by atoms with Crippen molar-refractivity contribution in [2.45, 2.75) is 31.2 Å². The second-order valence-electron chi connectivity index (χ2n) is 3.08. The largest absolute Gasteiger partial charge is 0.465 e. The molecule has 0 aliphatic heterocycles. The fourth-order valence-corrected chi connectivity index (χ4v) is 1.62. The van der Waals surface area contributed by atoms with Gasteiger partial charge >= 0.3 is 6.09 Å². The summed E-state index contributed by atoms with van der Waals surface area (Å²) in [5, 5.41) is 10.7. The smallest absolute Gasteiger partial charge is 0.405 e. The third-order valence-corrected chi connectivity index (χ3v) is 2.27. The van der Waals surface area contributed by atoms with E-state index in [9.17, 15) is 9.59 Å². The molecule has 0 aromatic rings. The second kappa shape index (κ2) is 3.00. The first kappa shape index (κ1) is 8.83. The number of carbonyl (C=O) groups is 2. The van der Waals surface area contributed by atoms with Gasteiger partial charge in [-0.2, -0.15) is 0 Å². The van der Waals surface area contributed by atoms with E-state index in [-0.39, 0.29) is 0 Å². The Labute approximate surface area is 69.9 Å². The van der Waals surface area contributed by atoms with Gasteiger partial charge in [0, 0.05) is 0 Å². The number of carbonyl (C=O) groups excluding carboxylic acids is 1. The molecule has 0 atom stereocenters. The van der Waals surface area contributed by atoms with Gasteiger partial charge in [-0.05, 0) is 12.8 Å². The lowest BCUT2D eigenvalue weighted by Gasteiger charge is -2.24. The fourth-order valence-electron chi connectivity index (χ4n) is 1.62. The maximum absolute atomic E-state index is 11.0. The molecule has 68 valence electrons. The average Bonchev–Trinajstić information content (AvgIpc) is 2.35. The highest BCUT2D eigenvalue weighted by atomic mass is 16.4. The molecule has 5 nitrogen and oxygen atoms in total. The van der Waals surface area contributed by atoms with Gasteiger partial charge in [0.05, 0.1) is 0 Å². The molecule has 0 heterocycles. The number of hydrogen-bond donors (Lipinski definition) is 3. The highest BCUT2D eigenvalue weighted by molar-refractivity contribution is 5.88. The molecule has 4 N–H and O–H groups in total. The predicted molar refractivity (Wildman–Crippen MR) is 41.6 cm³/mol. The highest BCUT2D eigenvalue weighted by Crippen LogP contribution is 2.29. The van der Waals surface area contributed by atoms with Crippen LogP contribution in [0, 0.1) is 0 Å². The molecule has 12 heavy (non-hydrogen) atoms. The Morgan fingerprint density at radius 1 is 1.33 bits per heavy atom. The Hall–Kier alpha value is -1.26. The van der Waals surface area contributed by atoms with Crippen LogP contribution in [0.25, 0.3) is 0 Å². The first-order valence-electron chi connectivity index (χ1n) is 3.88. The maximum atomic E-state index is 11.0. The minimum absolute atomic E-state index is 0.522. The molecule has 0 bridgehead atoms. The van der Waals surface area contributed by atoms with Crippen LogP contribution in [0.3, 0.4) is 0 Å². The van der Waals surface area contributed by atoms with Crippen LogP contribution in [-0.2, 0) is 4.79 Å². The topological polar surface area (TPSA) is 92.4 Å². The molecule has 1 aliphatic carbocycles. The lowest BCUT2D eigenvalue weighted by atomic mass is 9.97. The number of carboxylic acid groups (broad SMARTS) is 1. The zero-order valence-corrected chi connectivity index (χ0v) is 6.67. The number of amides is 2. The Morgan fingerprint density at radius 3 is 2.17 bits per heavy atom. The van der Waals surface area contributed by atoms with Crippen molar-refractivity contribution in [3.63, 3.8) is 0 Å². The Balaban J connectivity index is 2.72. The van der Waals surface area contributed by atoms with Crippen molar-refractivity contribution >= 4 is 12.0 Å². The van der Waals surface area contributed by atoms with Gasteiger partial charge in [-0.1, -0.05) is 12.8 Å². The molecular weight excluding hydrogens is 160 g/mol. The van der Waals surface area contributed by atoms with Crippen LogP contribution in [0.1, 0.15) is 25.7 Å². The second-order valence-corrected chi connectivity index (χ2v) is 3.08. The van der Waals surface area contributed by atoms with Crippen molar-refractivity contribution < 1.29 is 14.7 Å². The van der Waals surface area contributed by atoms with Crippen molar-refractivity contribution in [3.05, 3.63) is 0 Å². The molecule has 1 saturated carbocycles. The Bertz CT molecular complexity index is 209. The van der Waals surface area contributed by atoms with Crippen molar-refractivity contribution in [2.24, 2.45) is 5.73 Å². The normalized spacial score (nSPS) is 20.3. The molecule has 1 fully saturated rings. The van der Waals surface area contributed by atoms with E-state index in [1.807, 2.05) is 0 Å². The van der Waals surface area contributed by atoms with Gasteiger partial charge < -0.3 is 16.2 Å². The van der Waals surface area contributed by atoms with E-state index in [0.29, 0.717) is 12.8 Å². The summed E-state index contributed by atoms with van der Waals surface area (Å²) >= 11 is 0. The number of primary amides is 1. The third-order valence-electron chi connectivity index (χ3n) is 2.27. The van der Waals surface area contributed by atoms with Crippen molar-refractivity contribution in [1.82, 2.24) is 5.32 Å². The Morgan fingerprint density at radius 2 is 1.83 bits per heavy atom. The number of rotatable bonds is 2. The summed E-state index contributed by atoms with van der Waals surface area (Å²) in [6.45, 7) is 0. The molecule has 0 unspecified atom stereocenters. The SMILES string of the molecule is NC(=O)C1(NC(=O)O)CCCC1. The lowest BCUT2D eigenvalue weighted by Crippen LogP contribution is -2.55. The van der Waals surface area contributed by atoms with Gasteiger partial charge in [-0.15, -0.1) is 0 Å². The molecule has 2 amide bonds. The Kier molecular flexibility index (Phi) is 2.21. The maximum Gasteiger partial charge on any atom is 0.405 e. The van der Waals surface area contributed by atoms with Gasteiger partial charge in [-0.3, -0.25) is 4.79 Å². The van der Waals surface area contributed by atoms with Gasteiger partial charge in [-0.25, -0.2) is 4.79 Å². The minimum Gasteiger partial charge on any atom is -0.465 e. The van der Waals surface area contributed by atoms with E-state index < -0.39 is 17.5 Å². The average molecular weight is 172 g/mol. The minimum atomic E-state index is -1.18. The summed E-state index contributed by atoms with van der Waals surface area (Å²) in [7, 11) is 0. The third kappa shape index (κ3) is 1.49. The monoisotopic (exact) mass is 172 g/mol. The van der Waals surface area contributed by atoms with Crippen LogP contribution in [-0.4, -0.2) is 22.6 Å². The summed E-state index contributed by atoms with van der Waals surface area (Å²) in [6.07, 6.45) is 1.56. The molecule has 5 heteroatoms. The number of nitrogens with one attached hydrogen (secondary N) is 1. The molecular formula is C7H12N2O3. The fraction of sp³-hybridized carbons (Fsp3) is 0.714. The van der Waals surface area contributed by atoms with E-state index in [0.717, 1.165) is 12.8 Å². The first-order valence-corrected chi connectivity index (χ1v) is 3.88. The highest BCUT2D eigenvalue weighted by Gasteiger charge is 2.40. The van der Waals surface area contributed by atoms with Gasteiger partial charge in [0.2, 0.25) is 5.91 Å². The number of hydrogen-bond acceptors (Lipinski definition) is 2. The van der Waals surface area contributed by atoms with Gasteiger partial charge in [0.1, 0.15) is 5.54 Å². The van der Waals surface area contributed by atoms with Crippen molar-refractivity contribution in [2.75, 3.05) is 0 Å². The van der Waals surface area contributed by atoms with E-state index >= 15 is 0 Å². The standard InChI is InChI=1S/C7H12N2O3/c8-5(10)7(9-6(11)12)3-1-2-4-7/h9H,1-4H2,(H2,8,10)(H,11,12). The van der Waals surface area contributed by atoms with E-state index in [1.165, 1.54) is 0 Å². The van der Waals surface area contributed by atoms with Crippen LogP contribution in [0.5, 0.6) is 0 Å². The molecule has 0 saturated heterocycles. The van der Waals surface area contributed by atoms with Crippen LogP contribution in [0.15, 0.2) is 0 Å². The zero-order chi connectivity index (χ0) is 9.19. The molecule has 1 aliphatic rings. The van der Waals surface area contributed by atoms with Crippen LogP contribution in [0.2, 0.25) is 0 Å². The van der Waals surface area contributed by atoms with Gasteiger partial charge in [0.15, 0.2) is 0 Å². The zero-order valence-electron chi connectivity index (χ0n) is 6.67. The van der Waals surface area contributed by atoms with E-state index in [2.05, 4.69) is 5.32 Å². The first-order chi connectivity index (χ1) is 5.57. The lowest BCUT2D eigenvalue weighted by molar-refractivity contribution is -0.124. The summed E-state index contributed by atoms with van der Waals surface area (Å²) in [6, 6.07) is 0. The molecule has 1 rings (SSSR count). The summed E-state index contributed by atoms with van der Waals surface area (Å²) in [4.78, 5) is 21.3. The van der Waals surface area contributed by atoms with Gasteiger partial charge in [0.25, 0.3) is 0 Å². The van der Waals surface area contributed by atoms with Crippen LogP contribution in [0.4, 0.5) is 4.79 Å². The quantitative estimate of drug-likeness (QED) is 0.549. The summed E-state index contributed by atoms with van der Waals surface area (Å²) in [5.41, 5.74) is 4.12. The van der Waals surface area contributed by atoms with Crippen LogP contribution < -0.4 is 11.1 Å². The number of nitrogens with two attached hydrogens (primary N) is 1. The molecule has 0 spiro atoms. The predicted octanol–water partition coefficient (Wildman–Crippen LogP) is 0.0521. The molecule has 0 radical (unpaired) electrons.